The van der Waals surface area contributed by atoms with Gasteiger partial charge in [-0.25, -0.2) is 0 Å². The van der Waals surface area contributed by atoms with Crippen molar-refractivity contribution in [3.63, 3.8) is 0 Å². The standard InChI is InChI=1S/C10H10N4OS/c1-7-12-13-10(16)14(7)11-6-8-4-2-3-5-9(8)15/h2-6,15H,1H3,(H,13,16)/b11-6-. The minimum Gasteiger partial charge on any atom is -0.507 e. The number of aromatic nitrogens is 3. The van der Waals surface area contributed by atoms with Crippen LogP contribution in [0.3, 0.4) is 0 Å². The molecule has 0 aliphatic heterocycles. The second-order valence-corrected chi connectivity index (χ2v) is 3.58. The average Bonchev–Trinajstić information content (AvgIpc) is 2.58. The summed E-state index contributed by atoms with van der Waals surface area (Å²) < 4.78 is 1.91. The Morgan fingerprint density at radius 3 is 2.88 bits per heavy atom. The fourth-order valence-corrected chi connectivity index (χ4v) is 1.45. The Morgan fingerprint density at radius 2 is 2.25 bits per heavy atom. The van der Waals surface area contributed by atoms with Crippen LogP contribution in [-0.4, -0.2) is 26.2 Å². The van der Waals surface area contributed by atoms with Gasteiger partial charge in [-0.1, -0.05) is 12.1 Å². The highest BCUT2D eigenvalue weighted by Gasteiger charge is 1.98. The molecule has 2 N–H and O–H groups in total. The summed E-state index contributed by atoms with van der Waals surface area (Å²) in [5, 5.41) is 20.2. The zero-order valence-electron chi connectivity index (χ0n) is 8.58. The largest absolute Gasteiger partial charge is 0.507 e. The molecule has 1 aromatic carbocycles. The summed E-state index contributed by atoms with van der Waals surface area (Å²) in [6.07, 6.45) is 1.54. The molecule has 1 aromatic heterocycles. The summed E-state index contributed by atoms with van der Waals surface area (Å²) in [4.78, 5) is 0. The van der Waals surface area contributed by atoms with Crippen molar-refractivity contribution in [3.05, 3.63) is 40.4 Å². The molecule has 0 spiro atoms. The zero-order chi connectivity index (χ0) is 11.5. The molecular weight excluding hydrogens is 224 g/mol. The number of aryl methyl sites for hydroxylation is 1. The summed E-state index contributed by atoms with van der Waals surface area (Å²) in [5.41, 5.74) is 0.630. The number of H-pyrrole nitrogens is 1. The topological polar surface area (TPSA) is 66.2 Å². The van der Waals surface area contributed by atoms with E-state index in [2.05, 4.69) is 15.3 Å². The highest BCUT2D eigenvalue weighted by atomic mass is 32.1. The van der Waals surface area contributed by atoms with Crippen LogP contribution in [0.15, 0.2) is 29.4 Å². The van der Waals surface area contributed by atoms with Gasteiger partial charge in [-0.3, -0.25) is 5.10 Å². The Kier molecular flexibility index (Phi) is 2.82. The van der Waals surface area contributed by atoms with E-state index in [1.54, 1.807) is 25.1 Å². The molecule has 0 saturated carbocycles. The van der Waals surface area contributed by atoms with E-state index in [9.17, 15) is 5.11 Å². The van der Waals surface area contributed by atoms with Crippen LogP contribution in [0.2, 0.25) is 0 Å². The smallest absolute Gasteiger partial charge is 0.216 e. The van der Waals surface area contributed by atoms with E-state index in [1.165, 1.54) is 10.9 Å². The number of hydrogen-bond donors (Lipinski definition) is 2. The Morgan fingerprint density at radius 1 is 1.50 bits per heavy atom. The van der Waals surface area contributed by atoms with Crippen molar-refractivity contribution in [1.82, 2.24) is 14.9 Å². The molecule has 2 rings (SSSR count). The summed E-state index contributed by atoms with van der Waals surface area (Å²) in [6, 6.07) is 6.94. The van der Waals surface area contributed by atoms with Crippen LogP contribution in [-0.2, 0) is 0 Å². The Balaban J connectivity index is 2.36. The first-order valence-corrected chi connectivity index (χ1v) is 5.05. The number of phenols is 1. The molecular formula is C10H10N4OS. The van der Waals surface area contributed by atoms with E-state index in [0.29, 0.717) is 16.2 Å². The molecule has 6 heteroatoms. The lowest BCUT2D eigenvalue weighted by Gasteiger charge is -1.97. The molecule has 82 valence electrons. The van der Waals surface area contributed by atoms with E-state index >= 15 is 0 Å². The Bertz CT molecular complexity index is 585. The zero-order valence-corrected chi connectivity index (χ0v) is 9.40. The number of phenolic OH excluding ortho intramolecular Hbond substituents is 1. The lowest BCUT2D eigenvalue weighted by molar-refractivity contribution is 0.474. The van der Waals surface area contributed by atoms with Crippen LogP contribution in [0.4, 0.5) is 0 Å². The number of para-hydroxylation sites is 1. The number of hydrogen-bond acceptors (Lipinski definition) is 4. The van der Waals surface area contributed by atoms with Crippen LogP contribution in [0.1, 0.15) is 11.4 Å². The fraction of sp³-hybridized carbons (Fsp3) is 0.100. The molecule has 0 fully saturated rings. The van der Waals surface area contributed by atoms with E-state index in [0.717, 1.165) is 0 Å². The lowest BCUT2D eigenvalue weighted by atomic mass is 10.2. The second kappa shape index (κ2) is 4.28. The third-order valence-corrected chi connectivity index (χ3v) is 2.33. The lowest BCUT2D eigenvalue weighted by Crippen LogP contribution is -1.93. The van der Waals surface area contributed by atoms with Crippen molar-refractivity contribution in [2.45, 2.75) is 6.92 Å². The number of nitrogens with zero attached hydrogens (tertiary/aromatic N) is 3. The van der Waals surface area contributed by atoms with Crippen molar-refractivity contribution in [3.8, 4) is 5.75 Å². The van der Waals surface area contributed by atoms with E-state index in [4.69, 9.17) is 12.2 Å². The van der Waals surface area contributed by atoms with Crippen molar-refractivity contribution in [2.75, 3.05) is 0 Å². The van der Waals surface area contributed by atoms with Gasteiger partial charge < -0.3 is 5.11 Å². The molecule has 0 bridgehead atoms. The van der Waals surface area contributed by atoms with Gasteiger partial charge in [0.25, 0.3) is 0 Å². The monoisotopic (exact) mass is 234 g/mol. The van der Waals surface area contributed by atoms with Gasteiger partial charge >= 0.3 is 0 Å². The molecule has 0 amide bonds. The average molecular weight is 234 g/mol. The molecule has 0 aliphatic rings. The highest BCUT2D eigenvalue weighted by Crippen LogP contribution is 2.12. The molecule has 1 heterocycles. The van der Waals surface area contributed by atoms with Gasteiger partial charge in [-0.15, -0.1) is 0 Å². The fourth-order valence-electron chi connectivity index (χ4n) is 1.22. The molecule has 5 nitrogen and oxygen atoms in total. The van der Waals surface area contributed by atoms with Crippen LogP contribution in [0, 0.1) is 11.7 Å². The SMILES string of the molecule is Cc1n[nH]c(=S)n1/N=C\c1ccccc1O. The van der Waals surface area contributed by atoms with Crippen molar-refractivity contribution >= 4 is 18.4 Å². The maximum Gasteiger partial charge on any atom is 0.216 e. The van der Waals surface area contributed by atoms with Gasteiger partial charge in [0.15, 0.2) is 0 Å². The van der Waals surface area contributed by atoms with Crippen LogP contribution < -0.4 is 0 Å². The third kappa shape index (κ3) is 2.01. The van der Waals surface area contributed by atoms with Gasteiger partial charge in [0, 0.05) is 5.56 Å². The van der Waals surface area contributed by atoms with Crippen molar-refractivity contribution in [1.29, 1.82) is 0 Å². The summed E-state index contributed by atoms with van der Waals surface area (Å²) in [5.74, 6) is 0.843. The maximum absolute atomic E-state index is 9.53. The van der Waals surface area contributed by atoms with E-state index in [1.807, 2.05) is 6.07 Å². The van der Waals surface area contributed by atoms with Crippen molar-refractivity contribution < 1.29 is 5.11 Å². The molecule has 0 saturated heterocycles. The first-order chi connectivity index (χ1) is 7.68. The number of nitrogens with one attached hydrogen (secondary N) is 1. The quantitative estimate of drug-likeness (QED) is 0.615. The van der Waals surface area contributed by atoms with E-state index < -0.39 is 0 Å². The van der Waals surface area contributed by atoms with Gasteiger partial charge in [-0.05, 0) is 31.3 Å². The molecule has 16 heavy (non-hydrogen) atoms. The second-order valence-electron chi connectivity index (χ2n) is 3.19. The van der Waals surface area contributed by atoms with Gasteiger partial charge in [0.2, 0.25) is 4.77 Å². The highest BCUT2D eigenvalue weighted by molar-refractivity contribution is 7.71. The maximum atomic E-state index is 9.53. The molecule has 0 unspecified atom stereocenters. The van der Waals surface area contributed by atoms with Crippen LogP contribution >= 0.6 is 12.2 Å². The van der Waals surface area contributed by atoms with Crippen molar-refractivity contribution in [2.24, 2.45) is 5.10 Å². The van der Waals surface area contributed by atoms with Crippen LogP contribution in [0.25, 0.3) is 0 Å². The molecule has 0 atom stereocenters. The number of benzene rings is 1. The number of aromatic hydroxyl groups is 1. The first-order valence-electron chi connectivity index (χ1n) is 4.65. The van der Waals surface area contributed by atoms with Gasteiger partial charge in [0.05, 0.1) is 6.21 Å². The minimum atomic E-state index is 0.180. The molecule has 2 aromatic rings. The number of aromatic amines is 1. The predicted octanol–water partition coefficient (Wildman–Crippen LogP) is 1.84. The first kappa shape index (κ1) is 10.6. The van der Waals surface area contributed by atoms with Crippen LogP contribution in [0.5, 0.6) is 5.75 Å². The van der Waals surface area contributed by atoms with E-state index in [-0.39, 0.29) is 5.75 Å². The van der Waals surface area contributed by atoms with Gasteiger partial charge in [-0.2, -0.15) is 14.9 Å². The number of rotatable bonds is 2. The molecule has 0 radical (unpaired) electrons. The summed E-state index contributed by atoms with van der Waals surface area (Å²) in [6.45, 7) is 1.79. The minimum absolute atomic E-state index is 0.180. The predicted molar refractivity (Wildman–Crippen MR) is 63.2 cm³/mol. The summed E-state index contributed by atoms with van der Waals surface area (Å²) in [7, 11) is 0. The Hall–Kier alpha value is -1.95. The molecule has 0 aliphatic carbocycles. The van der Waals surface area contributed by atoms with Gasteiger partial charge in [0.1, 0.15) is 11.6 Å². The third-order valence-electron chi connectivity index (χ3n) is 2.06. The Labute approximate surface area is 97.1 Å². The summed E-state index contributed by atoms with van der Waals surface area (Å²) >= 11 is 4.99. The normalized spacial score (nSPS) is 11.1.